The third-order valence-corrected chi connectivity index (χ3v) is 14.0. The fourth-order valence-electron chi connectivity index (χ4n) is 9.97. The lowest BCUT2D eigenvalue weighted by Crippen LogP contribution is -2.04. The quantitative estimate of drug-likeness (QED) is 0.177. The van der Waals surface area contributed by atoms with Crippen LogP contribution in [0.15, 0.2) is 199 Å². The molecule has 0 radical (unpaired) electrons. The number of thiophene rings is 1. The molecule has 14 rings (SSSR count). The Hall–Kier alpha value is -8.19. The minimum Gasteiger partial charge on any atom is -0.455 e. The van der Waals surface area contributed by atoms with E-state index in [4.69, 9.17) is 19.4 Å². The van der Waals surface area contributed by atoms with E-state index >= 15 is 0 Å². The SMILES string of the molecule is c1ccc2cc3c(cc2c1)c1ccc2ccccc2c1n3-c1ccc2c(oc3ccccc32)c1-c1nc(-c2cccc3ccccc23)nc(-c2cccc3c2sc2ccccc23)n1. The number of furan rings is 1. The zero-order valence-electron chi connectivity index (χ0n) is 33.6. The van der Waals surface area contributed by atoms with Crippen molar-refractivity contribution in [1.82, 2.24) is 19.5 Å². The Morgan fingerprint density at radius 1 is 0.397 bits per heavy atom. The first-order chi connectivity index (χ1) is 31.2. The van der Waals surface area contributed by atoms with E-state index in [0.717, 1.165) is 76.2 Å². The molecule has 0 aliphatic heterocycles. The molecule has 0 amide bonds. The number of nitrogens with zero attached hydrogens (tertiary/aromatic N) is 4. The molecule has 4 aromatic heterocycles. The van der Waals surface area contributed by atoms with E-state index in [0.29, 0.717) is 17.5 Å². The third kappa shape index (κ3) is 5.07. The number of aromatic nitrogens is 4. The molecule has 0 saturated carbocycles. The molecule has 0 unspecified atom stereocenters. The minimum absolute atomic E-state index is 0.539. The molecule has 10 aromatic carbocycles. The molecule has 0 saturated heterocycles. The zero-order chi connectivity index (χ0) is 41.2. The van der Waals surface area contributed by atoms with Crippen LogP contribution in [0, 0.1) is 0 Å². The van der Waals surface area contributed by atoms with Crippen LogP contribution in [0.25, 0.3) is 136 Å². The maximum Gasteiger partial charge on any atom is 0.170 e. The molecule has 5 nitrogen and oxygen atoms in total. The molecule has 14 aromatic rings. The first-order valence-electron chi connectivity index (χ1n) is 21.2. The average Bonchev–Trinajstić information content (AvgIpc) is 4.02. The van der Waals surface area contributed by atoms with Crippen molar-refractivity contribution in [2.24, 2.45) is 0 Å². The number of para-hydroxylation sites is 1. The zero-order valence-corrected chi connectivity index (χ0v) is 34.4. The van der Waals surface area contributed by atoms with Crippen molar-refractivity contribution in [1.29, 1.82) is 0 Å². The predicted molar refractivity (Wildman–Crippen MR) is 263 cm³/mol. The molecule has 6 heteroatoms. The summed E-state index contributed by atoms with van der Waals surface area (Å²) in [5.74, 6) is 1.75. The van der Waals surface area contributed by atoms with Gasteiger partial charge in [-0.1, -0.05) is 152 Å². The van der Waals surface area contributed by atoms with E-state index in [2.05, 4.69) is 187 Å². The van der Waals surface area contributed by atoms with Gasteiger partial charge in [0.15, 0.2) is 17.5 Å². The molecule has 63 heavy (non-hydrogen) atoms. The molecule has 0 fully saturated rings. The van der Waals surface area contributed by atoms with Crippen molar-refractivity contribution < 1.29 is 4.42 Å². The Bertz CT molecular complexity index is 4230. The molecule has 0 aliphatic rings. The van der Waals surface area contributed by atoms with Gasteiger partial charge in [-0.05, 0) is 69.4 Å². The highest BCUT2D eigenvalue weighted by molar-refractivity contribution is 7.26. The van der Waals surface area contributed by atoms with Crippen molar-refractivity contribution >= 4 is 108 Å². The van der Waals surface area contributed by atoms with Gasteiger partial charge in [-0.3, -0.25) is 0 Å². The van der Waals surface area contributed by atoms with Crippen LogP contribution in [0.1, 0.15) is 0 Å². The summed E-state index contributed by atoms with van der Waals surface area (Å²) in [6.07, 6.45) is 0. The lowest BCUT2D eigenvalue weighted by molar-refractivity contribution is 0.669. The van der Waals surface area contributed by atoms with Crippen molar-refractivity contribution in [3.63, 3.8) is 0 Å². The number of rotatable bonds is 4. The standard InChI is InChI=1S/C57H32N4OS/c1-2-16-36-32-48-46(31-35(36)15-1)41-28-27-34-14-4-6-19-38(34)52(41)61(48)47-30-29-42-39-20-7-9-25-49(39)62-53(42)51(47)57-59-55(44-23-11-17-33-13-3-5-18-37(33)44)58-56(60-57)45-24-12-22-43-40-21-8-10-26-50(40)63-54(43)45/h1-32H. The Balaban J connectivity index is 1.16. The molecular formula is C57H32N4OS. The average molecular weight is 821 g/mol. The number of hydrogen-bond acceptors (Lipinski definition) is 5. The van der Waals surface area contributed by atoms with Crippen LogP contribution >= 0.6 is 11.3 Å². The molecule has 0 aliphatic carbocycles. The maximum atomic E-state index is 7.02. The summed E-state index contributed by atoms with van der Waals surface area (Å²) in [6.45, 7) is 0. The van der Waals surface area contributed by atoms with Gasteiger partial charge in [0.05, 0.1) is 22.3 Å². The Morgan fingerprint density at radius 2 is 1.00 bits per heavy atom. The van der Waals surface area contributed by atoms with E-state index in [9.17, 15) is 0 Å². The van der Waals surface area contributed by atoms with Gasteiger partial charge >= 0.3 is 0 Å². The lowest BCUT2D eigenvalue weighted by atomic mass is 10.0. The van der Waals surface area contributed by atoms with Crippen molar-refractivity contribution in [3.8, 4) is 39.9 Å². The van der Waals surface area contributed by atoms with Crippen molar-refractivity contribution in [2.45, 2.75) is 0 Å². The first-order valence-corrected chi connectivity index (χ1v) is 22.0. The molecule has 292 valence electrons. The highest BCUT2D eigenvalue weighted by atomic mass is 32.1. The van der Waals surface area contributed by atoms with Crippen LogP contribution in [0.4, 0.5) is 0 Å². The van der Waals surface area contributed by atoms with Crippen molar-refractivity contribution in [3.05, 3.63) is 194 Å². The highest BCUT2D eigenvalue weighted by Crippen LogP contribution is 2.46. The van der Waals surface area contributed by atoms with Gasteiger partial charge in [0.2, 0.25) is 0 Å². The Kier molecular flexibility index (Phi) is 7.21. The summed E-state index contributed by atoms with van der Waals surface area (Å²) in [5, 5.41) is 13.7. The van der Waals surface area contributed by atoms with Crippen LogP contribution in [0.3, 0.4) is 0 Å². The number of hydrogen-bond donors (Lipinski definition) is 0. The van der Waals surface area contributed by atoms with Crippen LogP contribution in [-0.4, -0.2) is 19.5 Å². The van der Waals surface area contributed by atoms with Gasteiger partial charge in [-0.2, -0.15) is 0 Å². The lowest BCUT2D eigenvalue weighted by Gasteiger charge is -2.16. The van der Waals surface area contributed by atoms with Crippen LogP contribution < -0.4 is 0 Å². The van der Waals surface area contributed by atoms with Gasteiger partial charge in [-0.15, -0.1) is 11.3 Å². The van der Waals surface area contributed by atoms with Gasteiger partial charge in [0.25, 0.3) is 0 Å². The van der Waals surface area contributed by atoms with E-state index in [-0.39, 0.29) is 0 Å². The highest BCUT2D eigenvalue weighted by Gasteiger charge is 2.26. The second-order valence-electron chi connectivity index (χ2n) is 16.3. The van der Waals surface area contributed by atoms with E-state index < -0.39 is 0 Å². The van der Waals surface area contributed by atoms with Crippen molar-refractivity contribution in [2.75, 3.05) is 0 Å². The predicted octanol–water partition coefficient (Wildman–Crippen LogP) is 15.7. The molecule has 0 atom stereocenters. The number of benzene rings is 10. The van der Waals surface area contributed by atoms with Crippen LogP contribution in [0.2, 0.25) is 0 Å². The van der Waals surface area contributed by atoms with Gasteiger partial charge < -0.3 is 8.98 Å². The molecule has 0 N–H and O–H groups in total. The summed E-state index contributed by atoms with van der Waals surface area (Å²) in [5.41, 5.74) is 7.38. The summed E-state index contributed by atoms with van der Waals surface area (Å²) < 4.78 is 11.8. The normalized spacial score (nSPS) is 12.1. The Labute approximate surface area is 363 Å². The Morgan fingerprint density at radius 3 is 1.86 bits per heavy atom. The molecule has 0 spiro atoms. The number of fused-ring (bicyclic) bond motifs is 13. The van der Waals surface area contributed by atoms with E-state index in [1.807, 2.05) is 12.1 Å². The second kappa shape index (κ2) is 13.2. The first kappa shape index (κ1) is 34.5. The fourth-order valence-corrected chi connectivity index (χ4v) is 11.2. The van der Waals surface area contributed by atoms with Gasteiger partial charge in [0.1, 0.15) is 11.2 Å². The summed E-state index contributed by atoms with van der Waals surface area (Å²) in [4.78, 5) is 16.5. The third-order valence-electron chi connectivity index (χ3n) is 12.8. The second-order valence-corrected chi connectivity index (χ2v) is 17.3. The topological polar surface area (TPSA) is 56.7 Å². The maximum absolute atomic E-state index is 7.02. The molecular weight excluding hydrogens is 789 g/mol. The smallest absolute Gasteiger partial charge is 0.170 e. The largest absolute Gasteiger partial charge is 0.455 e. The molecule has 4 heterocycles. The van der Waals surface area contributed by atoms with Crippen LogP contribution in [0.5, 0.6) is 0 Å². The van der Waals surface area contributed by atoms with E-state index in [1.54, 1.807) is 11.3 Å². The minimum atomic E-state index is 0.539. The fraction of sp³-hybridized carbons (Fsp3) is 0. The monoisotopic (exact) mass is 820 g/mol. The van der Waals surface area contributed by atoms with E-state index in [1.165, 1.54) is 42.4 Å². The van der Waals surface area contributed by atoms with Gasteiger partial charge in [-0.25, -0.2) is 15.0 Å². The summed E-state index contributed by atoms with van der Waals surface area (Å²) in [7, 11) is 0. The molecule has 0 bridgehead atoms. The summed E-state index contributed by atoms with van der Waals surface area (Å²) >= 11 is 1.78. The summed E-state index contributed by atoms with van der Waals surface area (Å²) in [6, 6.07) is 69.1. The van der Waals surface area contributed by atoms with Gasteiger partial charge in [0, 0.05) is 58.2 Å². The van der Waals surface area contributed by atoms with Crippen LogP contribution in [-0.2, 0) is 0 Å².